The number of para-hydroxylation sites is 1. The van der Waals surface area contributed by atoms with E-state index in [-0.39, 0.29) is 5.91 Å². The van der Waals surface area contributed by atoms with E-state index in [9.17, 15) is 4.79 Å². The number of nitrogens with zero attached hydrogens (tertiary/aromatic N) is 3. The molecule has 2 fully saturated rings. The van der Waals surface area contributed by atoms with Gasteiger partial charge in [0.2, 0.25) is 0 Å². The fourth-order valence-corrected chi connectivity index (χ4v) is 4.46. The molecule has 1 amide bonds. The Balaban J connectivity index is 1.51. The van der Waals surface area contributed by atoms with E-state index >= 15 is 0 Å². The molecule has 2 saturated heterocycles. The lowest BCUT2D eigenvalue weighted by atomic mass is 9.99. The molecule has 0 saturated carbocycles. The number of piperazine rings is 1. The fraction of sp³-hybridized carbons (Fsp3) is 0.375. The molecule has 0 aromatic heterocycles. The number of likely N-dealkylation sites (N-methyl/N-ethyl adjacent to an activating group) is 1. The normalized spacial score (nSPS) is 19.6. The highest BCUT2D eigenvalue weighted by molar-refractivity contribution is 6.42. The van der Waals surface area contributed by atoms with Crippen molar-refractivity contribution in [1.82, 2.24) is 4.90 Å². The minimum absolute atomic E-state index is 0.0664. The number of carbonyl (C=O) groups excluding carboxylic acids is 1. The minimum atomic E-state index is 0.0664. The van der Waals surface area contributed by atoms with E-state index in [0.717, 1.165) is 56.7 Å². The summed E-state index contributed by atoms with van der Waals surface area (Å²) in [5, 5.41) is 0.973. The lowest BCUT2D eigenvalue weighted by molar-refractivity contribution is -0.115. The van der Waals surface area contributed by atoms with Crippen LogP contribution in [-0.4, -0.2) is 50.6 Å². The van der Waals surface area contributed by atoms with Gasteiger partial charge in [-0.25, -0.2) is 0 Å². The Morgan fingerprint density at radius 3 is 2.50 bits per heavy atom. The van der Waals surface area contributed by atoms with Gasteiger partial charge < -0.3 is 14.7 Å². The smallest absolute Gasteiger partial charge is 0.253 e. The Labute approximate surface area is 188 Å². The third kappa shape index (κ3) is 4.66. The Morgan fingerprint density at radius 1 is 0.967 bits per heavy atom. The molecule has 4 rings (SSSR count). The summed E-state index contributed by atoms with van der Waals surface area (Å²) >= 11 is 12.2. The van der Waals surface area contributed by atoms with Gasteiger partial charge in [-0.15, -0.1) is 0 Å². The maximum absolute atomic E-state index is 13.1. The molecule has 4 nitrogen and oxygen atoms in total. The van der Waals surface area contributed by atoms with Crippen molar-refractivity contribution in [2.45, 2.75) is 19.3 Å². The average Bonchev–Trinajstić information content (AvgIpc) is 2.76. The number of hydrogen-bond acceptors (Lipinski definition) is 3. The van der Waals surface area contributed by atoms with Gasteiger partial charge in [0.25, 0.3) is 5.91 Å². The quantitative estimate of drug-likeness (QED) is 0.619. The van der Waals surface area contributed by atoms with Gasteiger partial charge in [-0.05, 0) is 56.1 Å². The van der Waals surface area contributed by atoms with Crippen LogP contribution >= 0.6 is 23.2 Å². The number of carbonyl (C=O) groups is 1. The van der Waals surface area contributed by atoms with Crippen molar-refractivity contribution >= 4 is 40.5 Å². The zero-order chi connectivity index (χ0) is 21.1. The van der Waals surface area contributed by atoms with E-state index in [4.69, 9.17) is 23.2 Å². The molecule has 0 unspecified atom stereocenters. The number of halogens is 2. The maximum Gasteiger partial charge on any atom is 0.253 e. The Bertz CT molecular complexity index is 951. The van der Waals surface area contributed by atoms with Gasteiger partial charge in [-0.1, -0.05) is 47.5 Å². The number of piperidine rings is 1. The highest BCUT2D eigenvalue weighted by Gasteiger charge is 2.25. The molecule has 6 heteroatoms. The zero-order valence-corrected chi connectivity index (χ0v) is 18.8. The highest BCUT2D eigenvalue weighted by atomic mass is 35.5. The van der Waals surface area contributed by atoms with Gasteiger partial charge in [-0.3, -0.25) is 4.79 Å². The lowest BCUT2D eigenvalue weighted by Crippen LogP contribution is -2.44. The second-order valence-electron chi connectivity index (χ2n) is 8.01. The first-order valence-electron chi connectivity index (χ1n) is 10.5. The monoisotopic (exact) mass is 443 g/mol. The number of benzene rings is 2. The SMILES string of the molecule is CN1CCN(c2ccccc2CC=C2CCCN(c3ccc(Cl)c(Cl)c3)C2=O)CC1. The van der Waals surface area contributed by atoms with E-state index in [1.807, 2.05) is 11.0 Å². The minimum Gasteiger partial charge on any atom is -0.369 e. The molecular weight excluding hydrogens is 417 g/mol. The van der Waals surface area contributed by atoms with Crippen LogP contribution in [0.3, 0.4) is 0 Å². The largest absolute Gasteiger partial charge is 0.369 e. The molecule has 2 aliphatic heterocycles. The first-order chi connectivity index (χ1) is 14.5. The fourth-order valence-electron chi connectivity index (χ4n) is 4.17. The van der Waals surface area contributed by atoms with Crippen LogP contribution in [0.2, 0.25) is 10.0 Å². The van der Waals surface area contributed by atoms with Crippen LogP contribution in [0, 0.1) is 0 Å². The second kappa shape index (κ2) is 9.42. The van der Waals surface area contributed by atoms with E-state index in [1.165, 1.54) is 11.3 Å². The van der Waals surface area contributed by atoms with Crippen LogP contribution in [0.4, 0.5) is 11.4 Å². The first kappa shape index (κ1) is 21.2. The van der Waals surface area contributed by atoms with Crippen LogP contribution in [0.25, 0.3) is 0 Å². The Hall–Kier alpha value is -2.01. The Kier molecular flexibility index (Phi) is 6.67. The second-order valence-corrected chi connectivity index (χ2v) is 8.83. The van der Waals surface area contributed by atoms with Crippen molar-refractivity contribution in [3.05, 3.63) is 69.7 Å². The summed E-state index contributed by atoms with van der Waals surface area (Å²) in [6.45, 7) is 4.92. The maximum atomic E-state index is 13.1. The summed E-state index contributed by atoms with van der Waals surface area (Å²) in [6.07, 6.45) is 4.63. The van der Waals surface area contributed by atoms with Crippen molar-refractivity contribution < 1.29 is 4.79 Å². The van der Waals surface area contributed by atoms with Crippen molar-refractivity contribution in [2.24, 2.45) is 0 Å². The van der Waals surface area contributed by atoms with Gasteiger partial charge >= 0.3 is 0 Å². The molecule has 2 aromatic carbocycles. The van der Waals surface area contributed by atoms with Crippen molar-refractivity contribution in [1.29, 1.82) is 0 Å². The van der Waals surface area contributed by atoms with Gasteiger partial charge in [-0.2, -0.15) is 0 Å². The van der Waals surface area contributed by atoms with Gasteiger partial charge in [0.05, 0.1) is 10.0 Å². The van der Waals surface area contributed by atoms with Crippen LogP contribution in [-0.2, 0) is 11.2 Å². The molecule has 0 spiro atoms. The topological polar surface area (TPSA) is 26.8 Å². The van der Waals surface area contributed by atoms with E-state index in [1.54, 1.807) is 12.1 Å². The van der Waals surface area contributed by atoms with E-state index < -0.39 is 0 Å². The van der Waals surface area contributed by atoms with Crippen molar-refractivity contribution in [3.63, 3.8) is 0 Å². The number of rotatable bonds is 4. The number of amides is 1. The van der Waals surface area contributed by atoms with Crippen LogP contribution in [0.15, 0.2) is 54.1 Å². The zero-order valence-electron chi connectivity index (χ0n) is 17.3. The molecule has 0 bridgehead atoms. The summed E-state index contributed by atoms with van der Waals surface area (Å²) in [5.74, 6) is 0.0664. The predicted molar refractivity (Wildman–Crippen MR) is 126 cm³/mol. The molecule has 158 valence electrons. The summed E-state index contributed by atoms with van der Waals surface area (Å²) in [4.78, 5) is 19.8. The summed E-state index contributed by atoms with van der Waals surface area (Å²) in [7, 11) is 2.17. The van der Waals surface area contributed by atoms with Gasteiger partial charge in [0.1, 0.15) is 0 Å². The van der Waals surface area contributed by atoms with Gasteiger partial charge in [0.15, 0.2) is 0 Å². The van der Waals surface area contributed by atoms with E-state index in [0.29, 0.717) is 16.6 Å². The number of hydrogen-bond donors (Lipinski definition) is 0. The molecule has 0 atom stereocenters. The van der Waals surface area contributed by atoms with Crippen molar-refractivity contribution in [2.75, 3.05) is 49.6 Å². The van der Waals surface area contributed by atoms with Crippen LogP contribution < -0.4 is 9.80 Å². The predicted octanol–water partition coefficient (Wildman–Crippen LogP) is 5.04. The highest BCUT2D eigenvalue weighted by Crippen LogP contribution is 2.31. The van der Waals surface area contributed by atoms with Crippen LogP contribution in [0.1, 0.15) is 18.4 Å². The molecule has 0 radical (unpaired) electrons. The van der Waals surface area contributed by atoms with Crippen LogP contribution in [0.5, 0.6) is 0 Å². The third-order valence-electron chi connectivity index (χ3n) is 5.97. The first-order valence-corrected chi connectivity index (χ1v) is 11.3. The molecule has 2 heterocycles. The molecule has 2 aromatic rings. The standard InChI is InChI=1S/C24H27Cl2N3O/c1-27-13-15-28(16-14-27)23-7-3-2-5-18(23)8-9-19-6-4-12-29(24(19)30)20-10-11-21(25)22(26)17-20/h2-3,5,7,9-11,17H,4,6,8,12-16H2,1H3. The molecule has 0 aliphatic carbocycles. The summed E-state index contributed by atoms with van der Waals surface area (Å²) in [6, 6.07) is 13.9. The van der Waals surface area contributed by atoms with Gasteiger partial charge in [0, 0.05) is 49.7 Å². The summed E-state index contributed by atoms with van der Waals surface area (Å²) in [5.41, 5.74) is 4.24. The van der Waals surface area contributed by atoms with E-state index in [2.05, 4.69) is 47.2 Å². The van der Waals surface area contributed by atoms with Crippen molar-refractivity contribution in [3.8, 4) is 0 Å². The molecule has 2 aliphatic rings. The third-order valence-corrected chi connectivity index (χ3v) is 6.71. The summed E-state index contributed by atoms with van der Waals surface area (Å²) < 4.78 is 0. The number of allylic oxidation sites excluding steroid dienone is 1. The lowest BCUT2D eigenvalue weighted by Gasteiger charge is -2.35. The molecular formula is C24H27Cl2N3O. The molecule has 30 heavy (non-hydrogen) atoms. The number of anilines is 2. The molecule has 0 N–H and O–H groups in total. The average molecular weight is 444 g/mol. The Morgan fingerprint density at radius 2 is 1.73 bits per heavy atom.